The van der Waals surface area contributed by atoms with Crippen molar-refractivity contribution < 1.29 is 19.4 Å². The van der Waals surface area contributed by atoms with Gasteiger partial charge < -0.3 is 14.6 Å². The lowest BCUT2D eigenvalue weighted by atomic mass is 10.1. The molecule has 0 bridgehead atoms. The minimum absolute atomic E-state index is 0.299. The van der Waals surface area contributed by atoms with Crippen molar-refractivity contribution in [2.45, 2.75) is 12.7 Å². The predicted octanol–water partition coefficient (Wildman–Crippen LogP) is 4.72. The maximum atomic E-state index is 12.1. The van der Waals surface area contributed by atoms with Crippen LogP contribution in [-0.4, -0.2) is 24.3 Å². The molecule has 0 radical (unpaired) electrons. The number of hydrogen-bond donors (Lipinski definition) is 2. The Kier molecular flexibility index (Phi) is 8.27. The number of nitrogens with zero attached hydrogens (tertiary/aromatic N) is 1. The number of rotatable bonds is 8. The maximum Gasteiger partial charge on any atom is 0.273 e. The fourth-order valence-electron chi connectivity index (χ4n) is 2.74. The van der Waals surface area contributed by atoms with Crippen molar-refractivity contribution in [2.24, 2.45) is 5.10 Å². The zero-order chi connectivity index (χ0) is 22.2. The monoisotopic (exact) mass is 550 g/mol. The third kappa shape index (κ3) is 6.19. The van der Waals surface area contributed by atoms with Gasteiger partial charge in [0.1, 0.15) is 6.61 Å². The van der Waals surface area contributed by atoms with Crippen molar-refractivity contribution in [1.82, 2.24) is 5.43 Å². The minimum atomic E-state index is -1.30. The molecule has 0 saturated heterocycles. The van der Waals surface area contributed by atoms with E-state index in [2.05, 4.69) is 33.1 Å². The van der Waals surface area contributed by atoms with Crippen LogP contribution in [0.25, 0.3) is 0 Å². The Hall–Kier alpha value is -2.62. The molecule has 31 heavy (non-hydrogen) atoms. The second-order valence-corrected chi connectivity index (χ2v) is 8.03. The first-order valence-corrected chi connectivity index (χ1v) is 10.7. The molecule has 0 unspecified atom stereocenters. The van der Waals surface area contributed by atoms with Crippen molar-refractivity contribution in [3.63, 3.8) is 0 Å². The van der Waals surface area contributed by atoms with E-state index in [1.54, 1.807) is 37.4 Å². The Balaban J connectivity index is 1.67. The van der Waals surface area contributed by atoms with Crippen LogP contribution >= 0.6 is 34.2 Å². The molecule has 0 aliphatic heterocycles. The van der Waals surface area contributed by atoms with E-state index in [0.29, 0.717) is 34.3 Å². The van der Waals surface area contributed by atoms with Gasteiger partial charge in [0, 0.05) is 10.6 Å². The number of hydrazone groups is 1. The molecule has 2 N–H and O–H groups in total. The summed E-state index contributed by atoms with van der Waals surface area (Å²) >= 11 is 8.33. The van der Waals surface area contributed by atoms with Gasteiger partial charge in [-0.1, -0.05) is 60.1 Å². The molecule has 1 amide bonds. The quantitative estimate of drug-likeness (QED) is 0.242. The van der Waals surface area contributed by atoms with E-state index in [4.69, 9.17) is 21.1 Å². The Morgan fingerprint density at radius 3 is 2.61 bits per heavy atom. The zero-order valence-electron chi connectivity index (χ0n) is 16.6. The molecule has 0 spiro atoms. The molecule has 3 aromatic rings. The highest BCUT2D eigenvalue weighted by Crippen LogP contribution is 2.34. The van der Waals surface area contributed by atoms with Crippen LogP contribution in [0.1, 0.15) is 22.8 Å². The van der Waals surface area contributed by atoms with Gasteiger partial charge in [0.05, 0.1) is 16.9 Å². The Bertz CT molecular complexity index is 1080. The highest BCUT2D eigenvalue weighted by Gasteiger charge is 2.16. The number of aliphatic hydroxyl groups is 1. The summed E-state index contributed by atoms with van der Waals surface area (Å²) in [7, 11) is 1.55. The van der Waals surface area contributed by atoms with Gasteiger partial charge in [0.2, 0.25) is 0 Å². The first kappa shape index (κ1) is 23.1. The number of ether oxygens (including phenoxy) is 2. The zero-order valence-corrected chi connectivity index (χ0v) is 19.5. The van der Waals surface area contributed by atoms with E-state index in [9.17, 15) is 9.90 Å². The van der Waals surface area contributed by atoms with Crippen LogP contribution in [0.4, 0.5) is 0 Å². The van der Waals surface area contributed by atoms with Crippen molar-refractivity contribution in [3.8, 4) is 11.5 Å². The van der Waals surface area contributed by atoms with Crippen LogP contribution in [0, 0.1) is 3.57 Å². The molecule has 0 heterocycles. The second-order valence-electron chi connectivity index (χ2n) is 6.46. The highest BCUT2D eigenvalue weighted by atomic mass is 127. The maximum absolute atomic E-state index is 12.1. The number of benzene rings is 3. The average molecular weight is 551 g/mol. The Labute approximate surface area is 199 Å². The van der Waals surface area contributed by atoms with Gasteiger partial charge in [-0.25, -0.2) is 5.43 Å². The van der Waals surface area contributed by atoms with Crippen LogP contribution in [0.3, 0.4) is 0 Å². The van der Waals surface area contributed by atoms with Crippen molar-refractivity contribution in [1.29, 1.82) is 0 Å². The lowest BCUT2D eigenvalue weighted by Crippen LogP contribution is -2.25. The third-order valence-corrected chi connectivity index (χ3v) is 5.50. The van der Waals surface area contributed by atoms with E-state index in [1.807, 2.05) is 36.4 Å². The number of aliphatic hydroxyl groups excluding tert-OH is 1. The van der Waals surface area contributed by atoms with E-state index in [1.165, 1.54) is 6.21 Å². The van der Waals surface area contributed by atoms with Crippen molar-refractivity contribution in [3.05, 3.63) is 92.0 Å². The molecule has 0 aliphatic carbocycles. The third-order valence-electron chi connectivity index (χ3n) is 4.33. The fraction of sp³-hybridized carbons (Fsp3) is 0.130. The summed E-state index contributed by atoms with van der Waals surface area (Å²) in [4.78, 5) is 12.1. The van der Waals surface area contributed by atoms with E-state index >= 15 is 0 Å². The van der Waals surface area contributed by atoms with Crippen molar-refractivity contribution >= 4 is 46.3 Å². The van der Waals surface area contributed by atoms with E-state index in [-0.39, 0.29) is 0 Å². The van der Waals surface area contributed by atoms with Gasteiger partial charge in [-0.15, -0.1) is 0 Å². The lowest BCUT2D eigenvalue weighted by Gasteiger charge is -2.14. The molecular weight excluding hydrogens is 531 g/mol. The van der Waals surface area contributed by atoms with Gasteiger partial charge in [-0.3, -0.25) is 4.79 Å². The fourth-order valence-corrected chi connectivity index (χ4v) is 3.71. The molecule has 160 valence electrons. The summed E-state index contributed by atoms with van der Waals surface area (Å²) in [6, 6.07) is 19.7. The van der Waals surface area contributed by atoms with Crippen LogP contribution in [0.2, 0.25) is 5.02 Å². The molecule has 0 fully saturated rings. The number of carbonyl (C=O) groups excluding carboxylic acids is 1. The van der Waals surface area contributed by atoms with Crippen LogP contribution < -0.4 is 14.9 Å². The number of hydrogen-bond acceptors (Lipinski definition) is 5. The highest BCUT2D eigenvalue weighted by molar-refractivity contribution is 14.1. The molecule has 0 saturated carbocycles. The van der Waals surface area contributed by atoms with Crippen molar-refractivity contribution in [2.75, 3.05) is 7.11 Å². The first-order valence-electron chi connectivity index (χ1n) is 9.29. The second kappa shape index (κ2) is 11.1. The largest absolute Gasteiger partial charge is 0.493 e. The van der Waals surface area contributed by atoms with Crippen LogP contribution in [0.15, 0.2) is 71.8 Å². The standard InChI is InChI=1S/C23H20ClIN2O4/c1-30-20-12-15(13-26-27-23(29)21(28)16-7-3-2-4-8-16)11-19(25)22(20)31-14-17-9-5-6-10-18(17)24/h2-13,21,28H,14H2,1H3,(H,27,29)/b26-13-/t21-/m1/s1. The predicted molar refractivity (Wildman–Crippen MR) is 129 cm³/mol. The van der Waals surface area contributed by atoms with E-state index < -0.39 is 12.0 Å². The summed E-state index contributed by atoms with van der Waals surface area (Å²) in [5.41, 5.74) is 4.40. The summed E-state index contributed by atoms with van der Waals surface area (Å²) < 4.78 is 12.2. The smallest absolute Gasteiger partial charge is 0.273 e. The normalized spacial score (nSPS) is 11.9. The lowest BCUT2D eigenvalue weighted by molar-refractivity contribution is -0.129. The molecule has 3 aromatic carbocycles. The number of nitrogens with one attached hydrogen (secondary N) is 1. The van der Waals surface area contributed by atoms with Gasteiger partial charge in [-0.2, -0.15) is 5.10 Å². The molecule has 8 heteroatoms. The molecule has 6 nitrogen and oxygen atoms in total. The van der Waals surface area contributed by atoms with Crippen LogP contribution in [-0.2, 0) is 11.4 Å². The number of methoxy groups -OCH3 is 1. The first-order chi connectivity index (χ1) is 15.0. The van der Waals surface area contributed by atoms with E-state index in [0.717, 1.165) is 9.13 Å². The Morgan fingerprint density at radius 2 is 1.90 bits per heavy atom. The molecule has 0 aliphatic rings. The molecule has 1 atom stereocenters. The molecule has 3 rings (SSSR count). The summed E-state index contributed by atoms with van der Waals surface area (Å²) in [6.07, 6.45) is 0.173. The number of amides is 1. The molecule has 0 aromatic heterocycles. The number of carbonyl (C=O) groups is 1. The van der Waals surface area contributed by atoms with Crippen LogP contribution in [0.5, 0.6) is 11.5 Å². The molecular formula is C23H20ClIN2O4. The van der Waals surface area contributed by atoms with Gasteiger partial charge >= 0.3 is 0 Å². The topological polar surface area (TPSA) is 80.2 Å². The van der Waals surface area contributed by atoms with Gasteiger partial charge in [-0.05, 0) is 51.9 Å². The SMILES string of the molecule is COc1cc(/C=N\NC(=O)[C@H](O)c2ccccc2)cc(I)c1OCc1ccccc1Cl. The van der Waals surface area contributed by atoms with Gasteiger partial charge in [0.25, 0.3) is 5.91 Å². The summed E-state index contributed by atoms with van der Waals surface area (Å²) in [6.45, 7) is 0.299. The number of halogens is 2. The average Bonchev–Trinajstić information content (AvgIpc) is 2.79. The van der Waals surface area contributed by atoms with Gasteiger partial charge in [0.15, 0.2) is 17.6 Å². The summed E-state index contributed by atoms with van der Waals surface area (Å²) in [5, 5.41) is 14.7. The minimum Gasteiger partial charge on any atom is -0.493 e. The Morgan fingerprint density at radius 1 is 1.19 bits per heavy atom. The summed E-state index contributed by atoms with van der Waals surface area (Å²) in [5.74, 6) is 0.489.